The minimum atomic E-state index is -1.47. The Kier molecular flexibility index (Phi) is 7.21. The highest BCUT2D eigenvalue weighted by atomic mass is 16.3. The number of benzene rings is 5. The molecule has 0 spiro atoms. The second kappa shape index (κ2) is 11.0. The van der Waals surface area contributed by atoms with Crippen LogP contribution in [-0.2, 0) is 11.2 Å². The summed E-state index contributed by atoms with van der Waals surface area (Å²) in [7, 11) is 0. The Morgan fingerprint density at radius 2 is 0.658 bits per heavy atom. The van der Waals surface area contributed by atoms with Gasteiger partial charge in [-0.1, -0.05) is 151 Å². The van der Waals surface area contributed by atoms with E-state index in [0.29, 0.717) is 33.4 Å². The van der Waals surface area contributed by atoms with Gasteiger partial charge in [0, 0.05) is 33.4 Å². The molecule has 0 aliphatic rings. The summed E-state index contributed by atoms with van der Waals surface area (Å²) < 4.78 is 0. The largest absolute Gasteiger partial charge is 0.369 e. The van der Waals surface area contributed by atoms with Crippen molar-refractivity contribution >= 4 is 0 Å². The van der Waals surface area contributed by atoms with E-state index in [1.807, 2.05) is 146 Å². The van der Waals surface area contributed by atoms with Crippen LogP contribution in [0.2, 0.25) is 0 Å². The highest BCUT2D eigenvalue weighted by molar-refractivity contribution is 5.52. The van der Waals surface area contributed by atoms with Crippen LogP contribution >= 0.6 is 0 Å². The van der Waals surface area contributed by atoms with Gasteiger partial charge in [-0.3, -0.25) is 0 Å². The van der Waals surface area contributed by atoms with Crippen molar-refractivity contribution < 1.29 is 10.2 Å². The number of hydrogen-bond acceptors (Lipinski definition) is 2. The van der Waals surface area contributed by atoms with E-state index in [9.17, 15) is 10.2 Å². The standard InChI is InChI=1S/C36H26O2/c37-35(31-16-5-1-6-17-31,32-18-7-2-8-19-32)26-24-29-14-13-15-30(28-29)25-27-36(38,33-20-9-3-10-21-33)34-22-11-4-12-23-34/h1-23,28,37-38H. The van der Waals surface area contributed by atoms with E-state index in [1.54, 1.807) is 0 Å². The second-order valence-electron chi connectivity index (χ2n) is 8.97. The van der Waals surface area contributed by atoms with Crippen molar-refractivity contribution in [1.82, 2.24) is 0 Å². The van der Waals surface area contributed by atoms with Crippen LogP contribution in [0.1, 0.15) is 33.4 Å². The molecule has 0 heterocycles. The summed E-state index contributed by atoms with van der Waals surface area (Å²) in [6, 6.07) is 45.3. The van der Waals surface area contributed by atoms with E-state index in [4.69, 9.17) is 0 Å². The molecule has 0 amide bonds. The third-order valence-electron chi connectivity index (χ3n) is 6.40. The van der Waals surface area contributed by atoms with Gasteiger partial charge in [-0.15, -0.1) is 0 Å². The average Bonchev–Trinajstić information content (AvgIpc) is 3.00. The summed E-state index contributed by atoms with van der Waals surface area (Å²) in [6.07, 6.45) is 0. The zero-order valence-electron chi connectivity index (χ0n) is 20.8. The predicted octanol–water partition coefficient (Wildman–Crippen LogP) is 6.26. The van der Waals surface area contributed by atoms with E-state index in [-0.39, 0.29) is 0 Å². The lowest BCUT2D eigenvalue weighted by Gasteiger charge is -2.23. The molecule has 0 saturated heterocycles. The second-order valence-corrected chi connectivity index (χ2v) is 8.97. The van der Waals surface area contributed by atoms with Gasteiger partial charge in [-0.2, -0.15) is 0 Å². The summed E-state index contributed by atoms with van der Waals surface area (Å²) in [4.78, 5) is 0. The molecule has 5 aromatic carbocycles. The first kappa shape index (κ1) is 24.8. The summed E-state index contributed by atoms with van der Waals surface area (Å²) in [6.45, 7) is 0. The van der Waals surface area contributed by atoms with E-state index < -0.39 is 11.2 Å². The molecule has 0 atom stereocenters. The maximum atomic E-state index is 11.7. The lowest BCUT2D eigenvalue weighted by molar-refractivity contribution is 0.145. The highest BCUT2D eigenvalue weighted by Gasteiger charge is 2.30. The van der Waals surface area contributed by atoms with Crippen molar-refractivity contribution in [2.24, 2.45) is 0 Å². The molecule has 5 aromatic rings. The highest BCUT2D eigenvalue weighted by Crippen LogP contribution is 2.30. The van der Waals surface area contributed by atoms with Gasteiger partial charge in [0.1, 0.15) is 0 Å². The van der Waals surface area contributed by atoms with Crippen LogP contribution in [0.25, 0.3) is 0 Å². The molecule has 182 valence electrons. The predicted molar refractivity (Wildman–Crippen MR) is 152 cm³/mol. The Hall–Kier alpha value is -4.86. The summed E-state index contributed by atoms with van der Waals surface area (Å²) >= 11 is 0. The molecule has 0 aliphatic heterocycles. The zero-order valence-corrected chi connectivity index (χ0v) is 20.8. The fourth-order valence-corrected chi connectivity index (χ4v) is 4.34. The third kappa shape index (κ3) is 5.29. The third-order valence-corrected chi connectivity index (χ3v) is 6.40. The average molecular weight is 491 g/mol. The van der Waals surface area contributed by atoms with Gasteiger partial charge in [0.25, 0.3) is 0 Å². The molecule has 38 heavy (non-hydrogen) atoms. The molecule has 5 rings (SSSR count). The van der Waals surface area contributed by atoms with Crippen molar-refractivity contribution in [3.8, 4) is 23.7 Å². The van der Waals surface area contributed by atoms with Crippen LogP contribution in [0.3, 0.4) is 0 Å². The molecule has 0 aliphatic carbocycles. The molecule has 2 N–H and O–H groups in total. The van der Waals surface area contributed by atoms with Crippen molar-refractivity contribution in [2.45, 2.75) is 11.2 Å². The van der Waals surface area contributed by atoms with E-state index in [1.165, 1.54) is 0 Å². The number of aliphatic hydroxyl groups is 2. The molecular formula is C36H26O2. The van der Waals surface area contributed by atoms with Gasteiger partial charge in [-0.25, -0.2) is 0 Å². The minimum absolute atomic E-state index is 0.699. The van der Waals surface area contributed by atoms with Crippen LogP contribution in [0.5, 0.6) is 0 Å². The smallest absolute Gasteiger partial charge is 0.177 e. The van der Waals surface area contributed by atoms with Gasteiger partial charge in [0.15, 0.2) is 11.2 Å². The maximum Gasteiger partial charge on any atom is 0.177 e. The van der Waals surface area contributed by atoms with Crippen LogP contribution in [0.4, 0.5) is 0 Å². The molecule has 0 aromatic heterocycles. The summed E-state index contributed by atoms with van der Waals surface area (Å²) in [5.74, 6) is 12.5. The Bertz CT molecular complexity index is 1420. The van der Waals surface area contributed by atoms with Gasteiger partial charge in [0.05, 0.1) is 0 Å². The molecule has 0 unspecified atom stereocenters. The Balaban J connectivity index is 1.53. The molecule has 0 bridgehead atoms. The van der Waals surface area contributed by atoms with Gasteiger partial charge >= 0.3 is 0 Å². The molecule has 0 fully saturated rings. The number of hydrogen-bond donors (Lipinski definition) is 2. The normalized spacial score (nSPS) is 11.0. The Labute approximate surface area is 223 Å². The van der Waals surface area contributed by atoms with E-state index in [0.717, 1.165) is 0 Å². The van der Waals surface area contributed by atoms with Crippen LogP contribution in [0.15, 0.2) is 146 Å². The van der Waals surface area contributed by atoms with Crippen LogP contribution in [-0.4, -0.2) is 10.2 Å². The quantitative estimate of drug-likeness (QED) is 0.292. The maximum absolute atomic E-state index is 11.7. The molecule has 0 radical (unpaired) electrons. The van der Waals surface area contributed by atoms with Crippen molar-refractivity contribution in [1.29, 1.82) is 0 Å². The first-order valence-corrected chi connectivity index (χ1v) is 12.4. The van der Waals surface area contributed by atoms with Crippen LogP contribution < -0.4 is 0 Å². The van der Waals surface area contributed by atoms with Gasteiger partial charge < -0.3 is 10.2 Å². The first-order valence-electron chi connectivity index (χ1n) is 12.4. The Morgan fingerprint density at radius 1 is 0.368 bits per heavy atom. The Morgan fingerprint density at radius 3 is 0.947 bits per heavy atom. The van der Waals surface area contributed by atoms with Gasteiger partial charge in [-0.05, 0) is 18.2 Å². The fraction of sp³-hybridized carbons (Fsp3) is 0.0556. The minimum Gasteiger partial charge on any atom is -0.369 e. The van der Waals surface area contributed by atoms with Crippen LogP contribution in [0, 0.1) is 23.7 Å². The lowest BCUT2D eigenvalue weighted by Crippen LogP contribution is -2.25. The number of rotatable bonds is 4. The molecular weight excluding hydrogens is 464 g/mol. The fourth-order valence-electron chi connectivity index (χ4n) is 4.34. The van der Waals surface area contributed by atoms with Gasteiger partial charge in [0.2, 0.25) is 0 Å². The topological polar surface area (TPSA) is 40.5 Å². The molecule has 2 nitrogen and oxygen atoms in total. The van der Waals surface area contributed by atoms with E-state index >= 15 is 0 Å². The van der Waals surface area contributed by atoms with Crippen molar-refractivity contribution in [3.63, 3.8) is 0 Å². The van der Waals surface area contributed by atoms with Crippen molar-refractivity contribution in [3.05, 3.63) is 179 Å². The first-order chi connectivity index (χ1) is 18.6. The monoisotopic (exact) mass is 490 g/mol. The van der Waals surface area contributed by atoms with E-state index in [2.05, 4.69) is 23.7 Å². The molecule has 2 heteroatoms. The molecule has 0 saturated carbocycles. The zero-order chi connectivity index (χ0) is 26.3. The lowest BCUT2D eigenvalue weighted by atomic mass is 9.86. The SMILES string of the molecule is OC(C#Cc1cccc(C#CC(O)(c2ccccc2)c2ccccc2)c1)(c1ccccc1)c1ccccc1. The summed E-state index contributed by atoms with van der Waals surface area (Å²) in [5, 5.41) is 23.4. The van der Waals surface area contributed by atoms with Crippen molar-refractivity contribution in [2.75, 3.05) is 0 Å². The summed E-state index contributed by atoms with van der Waals surface area (Å²) in [5.41, 5.74) is 1.29.